The molecule has 0 amide bonds. The molecule has 0 aliphatic heterocycles. The van der Waals surface area contributed by atoms with E-state index in [2.05, 4.69) is 46.0 Å². The molecule has 1 heterocycles. The van der Waals surface area contributed by atoms with E-state index in [0.29, 0.717) is 78.4 Å². The molecular formula is C48H42N12O5. The zero-order valence-corrected chi connectivity index (χ0v) is 36.4. The van der Waals surface area contributed by atoms with Gasteiger partial charge >= 0.3 is 0 Å². The number of non-ortho nitro benzene ring substituents is 1. The van der Waals surface area contributed by atoms with E-state index in [4.69, 9.17) is 5.73 Å². The van der Waals surface area contributed by atoms with Gasteiger partial charge in [0.15, 0.2) is 17.2 Å². The lowest BCUT2D eigenvalue weighted by Gasteiger charge is -2.14. The largest absolute Gasteiger partial charge is 0.505 e. The van der Waals surface area contributed by atoms with Crippen LogP contribution in [0.4, 0.5) is 56.9 Å². The minimum Gasteiger partial charge on any atom is -0.505 e. The highest BCUT2D eigenvalue weighted by Gasteiger charge is 2.20. The summed E-state index contributed by atoms with van der Waals surface area (Å²) in [6.07, 6.45) is 0. The molecular weight excluding hydrogens is 825 g/mol. The fourth-order valence-corrected chi connectivity index (χ4v) is 7.49. The van der Waals surface area contributed by atoms with E-state index in [1.807, 2.05) is 70.2 Å². The second-order valence-electron chi connectivity index (χ2n) is 15.6. The van der Waals surface area contributed by atoms with Crippen LogP contribution in [-0.2, 0) is 0 Å². The normalized spacial score (nSPS) is 12.0. The first-order valence-corrected chi connectivity index (χ1v) is 20.3. The number of rotatable bonds is 10. The van der Waals surface area contributed by atoms with Crippen molar-refractivity contribution in [1.29, 1.82) is 0 Å². The van der Waals surface area contributed by atoms with E-state index in [0.717, 1.165) is 22.1 Å². The monoisotopic (exact) mass is 866 g/mol. The molecule has 17 nitrogen and oxygen atoms in total. The first-order chi connectivity index (χ1) is 31.1. The molecule has 0 unspecified atom stereocenters. The molecule has 0 fully saturated rings. The molecule has 324 valence electrons. The van der Waals surface area contributed by atoms with E-state index < -0.39 is 4.92 Å². The van der Waals surface area contributed by atoms with Crippen LogP contribution >= 0.6 is 0 Å². The van der Waals surface area contributed by atoms with Gasteiger partial charge in [-0.05, 0) is 159 Å². The summed E-state index contributed by atoms with van der Waals surface area (Å²) in [6.45, 7) is 12.7. The average molecular weight is 867 g/mol. The molecule has 5 N–H and O–H groups in total. The summed E-state index contributed by atoms with van der Waals surface area (Å²) in [5.41, 5.74) is 15.4. The Morgan fingerprint density at radius 2 is 1.14 bits per heavy atom. The van der Waals surface area contributed by atoms with Crippen LogP contribution in [0.25, 0.3) is 27.2 Å². The highest BCUT2D eigenvalue weighted by Crippen LogP contribution is 2.47. The second kappa shape index (κ2) is 17.2. The van der Waals surface area contributed by atoms with Crippen molar-refractivity contribution in [3.05, 3.63) is 146 Å². The zero-order valence-electron chi connectivity index (χ0n) is 36.4. The molecule has 7 aromatic carbocycles. The lowest BCUT2D eigenvalue weighted by molar-refractivity contribution is -0.384. The average Bonchev–Trinajstić information content (AvgIpc) is 3.56. The van der Waals surface area contributed by atoms with Crippen LogP contribution in [0.15, 0.2) is 138 Å². The van der Waals surface area contributed by atoms with Crippen LogP contribution in [0.3, 0.4) is 0 Å². The number of nitro groups is 1. The van der Waals surface area contributed by atoms with Crippen molar-refractivity contribution < 1.29 is 20.2 Å². The Kier molecular flexibility index (Phi) is 11.4. The standard InChI is InChI=1S/C48H42N12O5/c1-24-23-40(42(49)41-35(24)21-27(4)44(47(41)62)56-51-38-17-14-33(60(64)65)20-26(38)3)54-53-39-18-15-34-36(29(39)6)22-28(5)43(46(34)61)55-50-31-13-16-37(25(2)19-31)52-57-45-30(7)58-59(48(45)63)32-11-9-8-10-12-32/h8-23,61-63H,49H2,1-7H3/b54-53+,55-50+,56-51+,57-52+. The van der Waals surface area contributed by atoms with E-state index in [9.17, 15) is 25.4 Å². The maximum Gasteiger partial charge on any atom is 0.269 e. The number of nitrogen functional groups attached to an aromatic ring is 1. The minimum absolute atomic E-state index is 0.0411. The summed E-state index contributed by atoms with van der Waals surface area (Å²) in [5.74, 6) is -0.339. The van der Waals surface area contributed by atoms with Gasteiger partial charge in [-0.3, -0.25) is 10.1 Å². The van der Waals surface area contributed by atoms with E-state index in [1.54, 1.807) is 57.2 Å². The number of anilines is 1. The molecule has 0 atom stereocenters. The second-order valence-corrected chi connectivity index (χ2v) is 15.6. The maximum atomic E-state index is 11.5. The van der Waals surface area contributed by atoms with Gasteiger partial charge in [-0.25, -0.2) is 0 Å². The summed E-state index contributed by atoms with van der Waals surface area (Å²) in [4.78, 5) is 10.7. The topological polar surface area (TPSA) is 247 Å². The summed E-state index contributed by atoms with van der Waals surface area (Å²) >= 11 is 0. The van der Waals surface area contributed by atoms with E-state index in [-0.39, 0.29) is 40.1 Å². The van der Waals surface area contributed by atoms with Crippen molar-refractivity contribution >= 4 is 78.4 Å². The van der Waals surface area contributed by atoms with Crippen molar-refractivity contribution in [3.8, 4) is 23.1 Å². The third kappa shape index (κ3) is 8.20. The Hall–Kier alpha value is -8.73. The molecule has 65 heavy (non-hydrogen) atoms. The van der Waals surface area contributed by atoms with Gasteiger partial charge in [-0.2, -0.15) is 30.2 Å². The first kappa shape index (κ1) is 42.9. The Morgan fingerprint density at radius 1 is 0.554 bits per heavy atom. The highest BCUT2D eigenvalue weighted by atomic mass is 16.6. The third-order valence-electron chi connectivity index (χ3n) is 11.1. The van der Waals surface area contributed by atoms with Crippen molar-refractivity contribution in [3.63, 3.8) is 0 Å². The van der Waals surface area contributed by atoms with E-state index in [1.165, 1.54) is 22.9 Å². The van der Waals surface area contributed by atoms with Crippen molar-refractivity contribution in [2.24, 2.45) is 40.9 Å². The summed E-state index contributed by atoms with van der Waals surface area (Å²) in [7, 11) is 0. The van der Waals surface area contributed by atoms with Crippen molar-refractivity contribution in [2.45, 2.75) is 48.5 Å². The predicted molar refractivity (Wildman–Crippen MR) is 250 cm³/mol. The number of phenolic OH excluding ortho intramolecular Hbond substituents is 2. The fraction of sp³-hybridized carbons (Fsp3) is 0.146. The van der Waals surface area contributed by atoms with Gasteiger partial charge in [-0.15, -0.1) is 20.5 Å². The number of phenols is 2. The Bertz CT molecular complexity index is 3380. The number of hydrogen-bond donors (Lipinski definition) is 4. The van der Waals surface area contributed by atoms with Crippen LogP contribution in [0.5, 0.6) is 17.4 Å². The number of nitrogens with zero attached hydrogens (tertiary/aromatic N) is 11. The number of fused-ring (bicyclic) bond motifs is 2. The fourth-order valence-electron chi connectivity index (χ4n) is 7.49. The lowest BCUT2D eigenvalue weighted by Crippen LogP contribution is -1.94. The number of aromatic hydroxyl groups is 3. The third-order valence-corrected chi connectivity index (χ3v) is 11.1. The van der Waals surface area contributed by atoms with Crippen LogP contribution in [-0.4, -0.2) is 30.0 Å². The van der Waals surface area contributed by atoms with Gasteiger partial charge in [0.05, 0.1) is 50.1 Å². The number of azo groups is 4. The number of benzene rings is 7. The zero-order chi connectivity index (χ0) is 46.3. The molecule has 0 saturated heterocycles. The van der Waals surface area contributed by atoms with Crippen LogP contribution < -0.4 is 5.73 Å². The van der Waals surface area contributed by atoms with Crippen LogP contribution in [0, 0.1) is 58.6 Å². The highest BCUT2D eigenvalue weighted by molar-refractivity contribution is 6.07. The molecule has 17 heteroatoms. The van der Waals surface area contributed by atoms with Gasteiger partial charge in [-0.1, -0.05) is 18.2 Å². The lowest BCUT2D eigenvalue weighted by atomic mass is 9.98. The van der Waals surface area contributed by atoms with Crippen LogP contribution in [0.1, 0.15) is 39.1 Å². The molecule has 8 aromatic rings. The number of aromatic nitrogens is 2. The predicted octanol–water partition coefficient (Wildman–Crippen LogP) is 14.6. The first-order valence-electron chi connectivity index (χ1n) is 20.3. The Morgan fingerprint density at radius 3 is 1.82 bits per heavy atom. The molecule has 0 aliphatic rings. The number of aryl methyl sites for hydroxylation is 7. The van der Waals surface area contributed by atoms with Gasteiger partial charge in [0, 0.05) is 17.5 Å². The van der Waals surface area contributed by atoms with Crippen molar-refractivity contribution in [2.75, 3.05) is 5.73 Å². The van der Waals surface area contributed by atoms with Gasteiger partial charge < -0.3 is 21.1 Å². The number of hydrogen-bond acceptors (Lipinski definition) is 15. The van der Waals surface area contributed by atoms with Gasteiger partial charge in [0.25, 0.3) is 5.69 Å². The summed E-state index contributed by atoms with van der Waals surface area (Å²) in [6, 6.07) is 27.8. The quantitative estimate of drug-likeness (QED) is 0.0447. The Balaban J connectivity index is 1.03. The maximum absolute atomic E-state index is 11.5. The molecule has 0 saturated carbocycles. The molecule has 8 rings (SSSR count). The molecule has 0 spiro atoms. The molecule has 0 bridgehead atoms. The number of para-hydroxylation sites is 1. The summed E-state index contributed by atoms with van der Waals surface area (Å²) < 4.78 is 1.41. The summed E-state index contributed by atoms with van der Waals surface area (Å²) in [5, 5.41) is 87.0. The Labute approximate surface area is 371 Å². The van der Waals surface area contributed by atoms with E-state index >= 15 is 0 Å². The molecule has 0 aliphatic carbocycles. The van der Waals surface area contributed by atoms with Crippen molar-refractivity contribution in [1.82, 2.24) is 9.78 Å². The van der Waals surface area contributed by atoms with Gasteiger partial charge in [0.1, 0.15) is 17.1 Å². The van der Waals surface area contributed by atoms with Crippen LogP contribution in [0.2, 0.25) is 0 Å². The number of nitro benzene ring substituents is 1. The van der Waals surface area contributed by atoms with Gasteiger partial charge in [0.2, 0.25) is 5.88 Å². The molecule has 0 radical (unpaired) electrons. The smallest absolute Gasteiger partial charge is 0.269 e. The SMILES string of the molecule is Cc1cc([N+](=O)[O-])ccc1/N=N/c1c(C)cc2c(C)cc(/N=N/c3ccc4c(O)c(/N=N/c5ccc(/N=N/c6c(C)nn(-c7ccccc7)c6O)c(C)c5)c(C)cc4c3C)c(N)c2c1O. The molecule has 1 aromatic heterocycles. The minimum atomic E-state index is -0.480. The number of nitrogens with two attached hydrogens (primary N) is 1.